The summed E-state index contributed by atoms with van der Waals surface area (Å²) in [5.41, 5.74) is 7.97. The topological polar surface area (TPSA) is 68.3 Å². The highest BCUT2D eigenvalue weighted by atomic mass is 35.5. The molecule has 0 unspecified atom stereocenters. The smallest absolute Gasteiger partial charge is 0.256 e. The molecule has 0 saturated heterocycles. The number of hydrogen-bond acceptors (Lipinski definition) is 3. The monoisotopic (exact) mass is 264 g/mol. The molecule has 0 fully saturated rings. The molecule has 0 aliphatic carbocycles. The van der Waals surface area contributed by atoms with E-state index in [0.717, 1.165) is 11.1 Å². The van der Waals surface area contributed by atoms with E-state index in [4.69, 9.17) is 21.8 Å². The number of nitrogens with one attached hydrogen (secondary N) is 1. The second-order valence-corrected chi connectivity index (χ2v) is 4.11. The van der Waals surface area contributed by atoms with Crippen molar-refractivity contribution >= 4 is 17.5 Å². The number of amides is 1. The lowest BCUT2D eigenvalue weighted by Gasteiger charge is -2.08. The molecule has 0 radical (unpaired) electrons. The van der Waals surface area contributed by atoms with Crippen molar-refractivity contribution in [2.75, 3.05) is 0 Å². The molecule has 2 aromatic rings. The van der Waals surface area contributed by atoms with Gasteiger partial charge in [-0.15, -0.1) is 0 Å². The molecular weight excluding hydrogens is 252 g/mol. The Morgan fingerprint density at radius 3 is 2.61 bits per heavy atom. The van der Waals surface area contributed by atoms with Gasteiger partial charge in [0.1, 0.15) is 0 Å². The number of carbonyl (C=O) groups excluding carboxylic acids is 1. The van der Waals surface area contributed by atoms with Crippen LogP contribution in [0.5, 0.6) is 0 Å². The van der Waals surface area contributed by atoms with E-state index in [1.54, 1.807) is 0 Å². The normalized spacial score (nSPS) is 10.3. The summed E-state index contributed by atoms with van der Waals surface area (Å²) in [5, 5.41) is 2.87. The zero-order valence-electron chi connectivity index (χ0n) is 9.65. The Morgan fingerprint density at radius 2 is 2.00 bits per heavy atom. The molecule has 94 valence electrons. The van der Waals surface area contributed by atoms with Crippen molar-refractivity contribution in [2.45, 2.75) is 13.1 Å². The van der Waals surface area contributed by atoms with Crippen molar-refractivity contribution in [1.82, 2.24) is 5.32 Å². The van der Waals surface area contributed by atoms with Gasteiger partial charge in [-0.05, 0) is 28.8 Å². The number of halogens is 1. The van der Waals surface area contributed by atoms with Crippen LogP contribution in [0.2, 0.25) is 5.22 Å². The maximum absolute atomic E-state index is 11.8. The minimum absolute atomic E-state index is 0.0969. The highest BCUT2D eigenvalue weighted by Crippen LogP contribution is 2.16. The van der Waals surface area contributed by atoms with Gasteiger partial charge >= 0.3 is 0 Å². The summed E-state index contributed by atoms with van der Waals surface area (Å²) in [4.78, 5) is 11.8. The van der Waals surface area contributed by atoms with Gasteiger partial charge < -0.3 is 15.5 Å². The van der Waals surface area contributed by atoms with Gasteiger partial charge in [-0.1, -0.05) is 24.3 Å². The molecule has 1 heterocycles. The van der Waals surface area contributed by atoms with Crippen LogP contribution in [0.4, 0.5) is 0 Å². The molecule has 5 heteroatoms. The van der Waals surface area contributed by atoms with Crippen molar-refractivity contribution in [1.29, 1.82) is 0 Å². The summed E-state index contributed by atoms with van der Waals surface area (Å²) in [7, 11) is 0. The first-order chi connectivity index (χ1) is 8.72. The number of nitrogens with two attached hydrogens (primary N) is 1. The number of furan rings is 1. The minimum atomic E-state index is -0.263. The predicted molar refractivity (Wildman–Crippen MR) is 69.2 cm³/mol. The van der Waals surface area contributed by atoms with E-state index in [9.17, 15) is 4.79 Å². The van der Waals surface area contributed by atoms with Crippen molar-refractivity contribution in [3.05, 3.63) is 58.5 Å². The van der Waals surface area contributed by atoms with Crippen molar-refractivity contribution < 1.29 is 9.21 Å². The zero-order valence-corrected chi connectivity index (χ0v) is 10.4. The summed E-state index contributed by atoms with van der Waals surface area (Å²) < 4.78 is 4.87. The molecule has 18 heavy (non-hydrogen) atoms. The molecule has 0 aliphatic heterocycles. The Kier molecular flexibility index (Phi) is 4.02. The van der Waals surface area contributed by atoms with Crippen molar-refractivity contribution in [3.63, 3.8) is 0 Å². The van der Waals surface area contributed by atoms with Gasteiger partial charge in [0.05, 0.1) is 11.8 Å². The number of rotatable bonds is 4. The summed E-state index contributed by atoms with van der Waals surface area (Å²) in [5.74, 6) is -0.263. The maximum atomic E-state index is 11.8. The van der Waals surface area contributed by atoms with Crippen molar-refractivity contribution in [3.8, 4) is 0 Å². The van der Waals surface area contributed by atoms with Crippen LogP contribution in [0, 0.1) is 0 Å². The summed E-state index contributed by atoms with van der Waals surface area (Å²) >= 11 is 5.73. The molecule has 0 atom stereocenters. The van der Waals surface area contributed by atoms with E-state index in [1.165, 1.54) is 12.3 Å². The first-order valence-electron chi connectivity index (χ1n) is 5.50. The third-order valence-electron chi connectivity index (χ3n) is 2.64. The highest BCUT2D eigenvalue weighted by molar-refractivity contribution is 6.32. The Balaban J connectivity index is 2.04. The quantitative estimate of drug-likeness (QED) is 0.890. The fourth-order valence-corrected chi connectivity index (χ4v) is 1.86. The molecule has 3 N–H and O–H groups in total. The van der Waals surface area contributed by atoms with Crippen LogP contribution < -0.4 is 11.1 Å². The average Bonchev–Trinajstić information content (AvgIpc) is 2.82. The molecule has 0 spiro atoms. The molecular formula is C13H13ClN2O2. The fraction of sp³-hybridized carbons (Fsp3) is 0.154. The van der Waals surface area contributed by atoms with Gasteiger partial charge in [0.15, 0.2) is 0 Å². The number of carbonyl (C=O) groups is 1. The van der Waals surface area contributed by atoms with Crippen LogP contribution >= 0.6 is 11.6 Å². The SMILES string of the molecule is NCc1ccccc1CNC(=O)c1ccoc1Cl. The molecule has 1 aromatic carbocycles. The molecule has 0 saturated carbocycles. The molecule has 4 nitrogen and oxygen atoms in total. The van der Waals surface area contributed by atoms with E-state index in [-0.39, 0.29) is 11.1 Å². The van der Waals surface area contributed by atoms with Gasteiger partial charge in [-0.25, -0.2) is 0 Å². The zero-order chi connectivity index (χ0) is 13.0. The van der Waals surface area contributed by atoms with Crippen LogP contribution in [-0.2, 0) is 13.1 Å². The highest BCUT2D eigenvalue weighted by Gasteiger charge is 2.12. The van der Waals surface area contributed by atoms with E-state index in [0.29, 0.717) is 18.7 Å². The van der Waals surface area contributed by atoms with Gasteiger partial charge in [0.2, 0.25) is 5.22 Å². The minimum Gasteiger partial charge on any atom is -0.452 e. The van der Waals surface area contributed by atoms with Gasteiger partial charge in [0.25, 0.3) is 5.91 Å². The summed E-state index contributed by atoms with van der Waals surface area (Å²) in [6.07, 6.45) is 1.38. The molecule has 0 bridgehead atoms. The first kappa shape index (κ1) is 12.7. The number of benzene rings is 1. The third kappa shape index (κ3) is 2.72. The van der Waals surface area contributed by atoms with E-state index < -0.39 is 0 Å². The summed E-state index contributed by atoms with van der Waals surface area (Å²) in [6, 6.07) is 9.23. The van der Waals surface area contributed by atoms with Crippen LogP contribution in [-0.4, -0.2) is 5.91 Å². The Labute approximate surface area is 110 Å². The Bertz CT molecular complexity index is 551. The second-order valence-electron chi connectivity index (χ2n) is 3.76. The largest absolute Gasteiger partial charge is 0.452 e. The Morgan fingerprint density at radius 1 is 1.28 bits per heavy atom. The van der Waals surface area contributed by atoms with Crippen LogP contribution in [0.15, 0.2) is 41.0 Å². The lowest BCUT2D eigenvalue weighted by atomic mass is 10.1. The van der Waals surface area contributed by atoms with Crippen LogP contribution in [0.3, 0.4) is 0 Å². The van der Waals surface area contributed by atoms with E-state index in [1.807, 2.05) is 24.3 Å². The van der Waals surface area contributed by atoms with E-state index in [2.05, 4.69) is 5.32 Å². The predicted octanol–water partition coefficient (Wildman–Crippen LogP) is 2.32. The third-order valence-corrected chi connectivity index (χ3v) is 2.93. The fourth-order valence-electron chi connectivity index (χ4n) is 1.66. The van der Waals surface area contributed by atoms with Gasteiger partial charge in [-0.3, -0.25) is 4.79 Å². The van der Waals surface area contributed by atoms with E-state index >= 15 is 0 Å². The summed E-state index contributed by atoms with van der Waals surface area (Å²) in [6.45, 7) is 0.853. The van der Waals surface area contributed by atoms with Crippen LogP contribution in [0.25, 0.3) is 0 Å². The molecule has 1 aromatic heterocycles. The van der Waals surface area contributed by atoms with Gasteiger partial charge in [-0.2, -0.15) is 0 Å². The van der Waals surface area contributed by atoms with Crippen molar-refractivity contribution in [2.24, 2.45) is 5.73 Å². The van der Waals surface area contributed by atoms with Crippen LogP contribution in [0.1, 0.15) is 21.5 Å². The molecule has 0 aliphatic rings. The average molecular weight is 265 g/mol. The lowest BCUT2D eigenvalue weighted by molar-refractivity contribution is 0.0950. The standard InChI is InChI=1S/C13H13ClN2O2/c14-12-11(5-6-18-12)13(17)16-8-10-4-2-1-3-9(10)7-15/h1-6H,7-8,15H2,(H,16,17). The maximum Gasteiger partial charge on any atom is 0.256 e. The van der Waals surface area contributed by atoms with Gasteiger partial charge in [0, 0.05) is 13.1 Å². The molecule has 2 rings (SSSR count). The second kappa shape index (κ2) is 5.71. The lowest BCUT2D eigenvalue weighted by Crippen LogP contribution is -2.23. The first-order valence-corrected chi connectivity index (χ1v) is 5.88. The number of hydrogen-bond donors (Lipinski definition) is 2. The molecule has 1 amide bonds. The Hall–Kier alpha value is -1.78.